The fraction of sp³-hybridized carbons (Fsp3) is 0.346. The normalized spacial score (nSPS) is 26.7. The van der Waals surface area contributed by atoms with Crippen molar-refractivity contribution in [2.45, 2.75) is 88.9 Å². The van der Waals surface area contributed by atoms with Gasteiger partial charge in [-0.1, -0.05) is 125 Å². The van der Waals surface area contributed by atoms with Crippen molar-refractivity contribution in [3.8, 4) is 22.3 Å². The van der Waals surface area contributed by atoms with Crippen molar-refractivity contribution in [1.29, 1.82) is 0 Å². The Bertz CT molecular complexity index is 2400. The first-order valence-corrected chi connectivity index (χ1v) is 20.5. The van der Waals surface area contributed by atoms with E-state index in [2.05, 4.69) is 160 Å². The molecule has 0 radical (unpaired) electrons. The molecule has 0 N–H and O–H groups in total. The number of rotatable bonds is 4. The number of anilines is 3. The highest BCUT2D eigenvalue weighted by molar-refractivity contribution is 5.96. The first-order chi connectivity index (χ1) is 25.7. The second kappa shape index (κ2) is 11.2. The maximum atomic E-state index is 2.68. The Kier molecular flexibility index (Phi) is 6.74. The lowest BCUT2D eigenvalue weighted by molar-refractivity contribution is -0.0399. The Morgan fingerprint density at radius 3 is 1.85 bits per heavy atom. The molecular weight excluding hydrogens is 639 g/mol. The van der Waals surface area contributed by atoms with E-state index in [9.17, 15) is 0 Å². The second-order valence-corrected chi connectivity index (χ2v) is 18.8. The highest BCUT2D eigenvalue weighted by Gasteiger charge is 2.62. The van der Waals surface area contributed by atoms with Crippen LogP contribution in [-0.2, 0) is 16.2 Å². The number of hydrogen-bond donors (Lipinski definition) is 0. The highest BCUT2D eigenvalue weighted by atomic mass is 15.1. The van der Waals surface area contributed by atoms with Gasteiger partial charge in [0.25, 0.3) is 0 Å². The maximum Gasteiger partial charge on any atom is 0.0543 e. The Morgan fingerprint density at radius 2 is 1.09 bits per heavy atom. The van der Waals surface area contributed by atoms with Gasteiger partial charge in [-0.15, -0.1) is 0 Å². The van der Waals surface area contributed by atoms with E-state index >= 15 is 0 Å². The summed E-state index contributed by atoms with van der Waals surface area (Å²) in [7, 11) is 0. The molecule has 0 aliphatic heterocycles. The van der Waals surface area contributed by atoms with Gasteiger partial charge < -0.3 is 4.90 Å². The third kappa shape index (κ3) is 4.49. The molecule has 4 saturated carbocycles. The Morgan fingerprint density at radius 1 is 0.491 bits per heavy atom. The zero-order chi connectivity index (χ0) is 35.7. The summed E-state index contributed by atoms with van der Waals surface area (Å²) in [6.45, 7) is 9.89. The zero-order valence-electron chi connectivity index (χ0n) is 31.8. The first-order valence-electron chi connectivity index (χ1n) is 20.5. The van der Waals surface area contributed by atoms with Gasteiger partial charge in [0.05, 0.1) is 11.4 Å². The maximum absolute atomic E-state index is 2.68. The molecule has 264 valence electrons. The lowest BCUT2D eigenvalue weighted by Crippen LogP contribution is -2.55. The topological polar surface area (TPSA) is 3.24 Å². The van der Waals surface area contributed by atoms with E-state index in [1.807, 2.05) is 0 Å². The molecule has 6 aliphatic rings. The second-order valence-electron chi connectivity index (χ2n) is 18.8. The van der Waals surface area contributed by atoms with Crippen LogP contribution in [0, 0.1) is 23.7 Å². The van der Waals surface area contributed by atoms with Crippen LogP contribution in [0.3, 0.4) is 0 Å². The average Bonchev–Trinajstić information content (AvgIpc) is 3.47. The fourth-order valence-corrected chi connectivity index (χ4v) is 12.8. The van der Waals surface area contributed by atoms with Crippen LogP contribution < -0.4 is 4.90 Å². The van der Waals surface area contributed by atoms with Crippen molar-refractivity contribution in [3.63, 3.8) is 0 Å². The average molecular weight is 690 g/mol. The summed E-state index contributed by atoms with van der Waals surface area (Å²) < 4.78 is 0. The van der Waals surface area contributed by atoms with Gasteiger partial charge in [0.2, 0.25) is 0 Å². The number of hydrogen-bond acceptors (Lipinski definition) is 1. The monoisotopic (exact) mass is 689 g/mol. The Hall–Kier alpha value is -4.62. The lowest BCUT2D eigenvalue weighted by atomic mass is 9.43. The van der Waals surface area contributed by atoms with Crippen LogP contribution in [0.5, 0.6) is 0 Å². The van der Waals surface area contributed by atoms with Crippen molar-refractivity contribution in [2.24, 2.45) is 23.7 Å². The minimum absolute atomic E-state index is 0.0588. The summed E-state index contributed by atoms with van der Waals surface area (Å²) in [6, 6.07) is 49.3. The molecule has 1 heteroatoms. The van der Waals surface area contributed by atoms with Crippen molar-refractivity contribution >= 4 is 27.8 Å². The molecule has 6 aliphatic carbocycles. The van der Waals surface area contributed by atoms with Gasteiger partial charge >= 0.3 is 0 Å². The largest absolute Gasteiger partial charge is 0.310 e. The number of nitrogens with zero attached hydrogens (tertiary/aromatic N) is 1. The van der Waals surface area contributed by atoms with Crippen LogP contribution in [0.15, 0.2) is 127 Å². The summed E-state index contributed by atoms with van der Waals surface area (Å²) in [4.78, 5) is 2.68. The quantitative estimate of drug-likeness (QED) is 0.178. The first kappa shape index (κ1) is 31.9. The molecule has 6 aromatic rings. The summed E-state index contributed by atoms with van der Waals surface area (Å²) in [6.07, 6.45) is 9.48. The van der Waals surface area contributed by atoms with Crippen LogP contribution in [0.1, 0.15) is 94.9 Å². The Balaban J connectivity index is 1.15. The van der Waals surface area contributed by atoms with Gasteiger partial charge in [-0.2, -0.15) is 0 Å². The minimum Gasteiger partial charge on any atom is -0.310 e. The highest BCUT2D eigenvalue weighted by Crippen LogP contribution is 2.70. The van der Waals surface area contributed by atoms with Crippen molar-refractivity contribution < 1.29 is 0 Å². The van der Waals surface area contributed by atoms with Crippen molar-refractivity contribution in [1.82, 2.24) is 0 Å². The zero-order valence-corrected chi connectivity index (χ0v) is 31.8. The molecule has 0 unspecified atom stereocenters. The molecule has 1 nitrogen and oxygen atoms in total. The SMILES string of the molecule is CC1(C)CCC(C)(C)c2c(N(c3ccc(-c4ccc5ccccc5c4)cc3)c3cccc4c3-c3ccccc3C43C4CC5CC(C4)CC3C5)cccc21. The van der Waals surface area contributed by atoms with Crippen LogP contribution in [-0.4, -0.2) is 0 Å². The molecule has 4 fully saturated rings. The summed E-state index contributed by atoms with van der Waals surface area (Å²) in [5, 5.41) is 2.57. The Labute approximate surface area is 316 Å². The smallest absolute Gasteiger partial charge is 0.0543 e. The predicted octanol–water partition coefficient (Wildman–Crippen LogP) is 14.0. The number of benzene rings is 6. The van der Waals surface area contributed by atoms with Gasteiger partial charge in [-0.3, -0.25) is 0 Å². The van der Waals surface area contributed by atoms with Gasteiger partial charge in [0, 0.05) is 16.7 Å². The lowest BCUT2D eigenvalue weighted by Gasteiger charge is -2.61. The molecular formula is C52H51N. The molecule has 6 aromatic carbocycles. The van der Waals surface area contributed by atoms with E-state index < -0.39 is 0 Å². The third-order valence-electron chi connectivity index (χ3n) is 15.1. The van der Waals surface area contributed by atoms with Gasteiger partial charge in [-0.05, 0) is 159 Å². The third-order valence-corrected chi connectivity index (χ3v) is 15.1. The van der Waals surface area contributed by atoms with Gasteiger partial charge in [-0.25, -0.2) is 0 Å². The molecule has 0 amide bonds. The van der Waals surface area contributed by atoms with Gasteiger partial charge in [0.15, 0.2) is 0 Å². The fourth-order valence-electron chi connectivity index (χ4n) is 12.8. The van der Waals surface area contributed by atoms with E-state index in [0.29, 0.717) is 0 Å². The van der Waals surface area contributed by atoms with E-state index in [-0.39, 0.29) is 16.2 Å². The summed E-state index contributed by atoms with van der Waals surface area (Å²) in [5.74, 6) is 3.36. The minimum atomic E-state index is 0.0588. The van der Waals surface area contributed by atoms with E-state index in [1.165, 1.54) is 106 Å². The molecule has 1 spiro atoms. The molecule has 0 saturated heterocycles. The van der Waals surface area contributed by atoms with E-state index in [0.717, 1.165) is 23.7 Å². The van der Waals surface area contributed by atoms with Crippen molar-refractivity contribution in [3.05, 3.63) is 150 Å². The predicted molar refractivity (Wildman–Crippen MR) is 223 cm³/mol. The molecule has 0 heterocycles. The number of fused-ring (bicyclic) bond motifs is 5. The van der Waals surface area contributed by atoms with E-state index in [1.54, 1.807) is 11.1 Å². The van der Waals surface area contributed by atoms with E-state index in [4.69, 9.17) is 0 Å². The molecule has 0 aromatic heterocycles. The molecule has 53 heavy (non-hydrogen) atoms. The molecule has 4 bridgehead atoms. The summed E-state index contributed by atoms with van der Waals surface area (Å²) >= 11 is 0. The standard InChI is InChI=1S/C52H51N/c1-50(2)25-26-51(3,4)49-45(50)16-10-18-47(49)53(41-23-21-36(22-24-41)38-20-19-35-11-5-6-12-37(35)32-38)46-17-9-15-44-48(46)42-13-7-8-14-43(42)52(44)39-28-33-27-34(30-39)31-40(52)29-33/h5-24,32-34,39-40H,25-31H2,1-4H3. The van der Waals surface area contributed by atoms with Crippen LogP contribution >= 0.6 is 0 Å². The van der Waals surface area contributed by atoms with Crippen molar-refractivity contribution in [2.75, 3.05) is 4.90 Å². The summed E-state index contributed by atoms with van der Waals surface area (Å²) in [5.41, 5.74) is 16.0. The van der Waals surface area contributed by atoms with Crippen LogP contribution in [0.25, 0.3) is 33.0 Å². The van der Waals surface area contributed by atoms with Crippen LogP contribution in [0.2, 0.25) is 0 Å². The van der Waals surface area contributed by atoms with Gasteiger partial charge in [0.1, 0.15) is 0 Å². The molecule has 0 atom stereocenters. The molecule has 12 rings (SSSR count). The van der Waals surface area contributed by atoms with Crippen LogP contribution in [0.4, 0.5) is 17.1 Å².